The summed E-state index contributed by atoms with van der Waals surface area (Å²) in [6, 6.07) is 9.92. The summed E-state index contributed by atoms with van der Waals surface area (Å²) in [5.41, 5.74) is -1.43. The second kappa shape index (κ2) is 10.8. The molecule has 0 aliphatic carbocycles. The fourth-order valence-corrected chi connectivity index (χ4v) is 5.20. The largest absolute Gasteiger partial charge is 0.418 e. The Hall–Kier alpha value is -2.96. The van der Waals surface area contributed by atoms with Gasteiger partial charge in [0.05, 0.1) is 11.3 Å². The number of nitrogens with zero attached hydrogens (tertiary/aromatic N) is 3. The lowest BCUT2D eigenvalue weighted by Gasteiger charge is -2.37. The number of sulfonamides is 1. The average Bonchev–Trinajstić information content (AvgIpc) is 2.79. The summed E-state index contributed by atoms with van der Waals surface area (Å²) in [7, 11) is -4.29. The number of anilines is 2. The van der Waals surface area contributed by atoms with Gasteiger partial charge in [0.1, 0.15) is 17.5 Å². The van der Waals surface area contributed by atoms with E-state index < -0.39 is 33.3 Å². The maximum atomic E-state index is 13.9. The van der Waals surface area contributed by atoms with Crippen molar-refractivity contribution < 1.29 is 26.0 Å². The third kappa shape index (κ3) is 6.49. The second-order valence-corrected chi connectivity index (χ2v) is 10.5. The Morgan fingerprint density at radius 1 is 1.03 bits per heavy atom. The first-order valence-corrected chi connectivity index (χ1v) is 12.7. The highest BCUT2D eigenvalue weighted by Crippen LogP contribution is 2.38. The van der Waals surface area contributed by atoms with Crippen LogP contribution in [0, 0.1) is 12.7 Å². The molecule has 1 fully saturated rings. The summed E-state index contributed by atoms with van der Waals surface area (Å²) in [4.78, 5) is 10.2. The molecule has 0 bridgehead atoms. The van der Waals surface area contributed by atoms with Crippen LogP contribution in [0.5, 0.6) is 0 Å². The number of aromatic nitrogens is 2. The maximum absolute atomic E-state index is 13.9. The van der Waals surface area contributed by atoms with Crippen molar-refractivity contribution in [1.82, 2.24) is 15.3 Å². The third-order valence-electron chi connectivity index (χ3n) is 5.76. The van der Waals surface area contributed by atoms with Crippen LogP contribution in [0.4, 0.5) is 29.2 Å². The van der Waals surface area contributed by atoms with Gasteiger partial charge < -0.3 is 10.2 Å². The Labute approximate surface area is 218 Å². The molecular formula is C24H26ClF4N5O2S. The number of benzene rings is 1. The zero-order chi connectivity index (χ0) is 26.3. The maximum Gasteiger partial charge on any atom is 0.418 e. The number of alkyl halides is 3. The van der Waals surface area contributed by atoms with E-state index in [4.69, 9.17) is 0 Å². The topological polar surface area (TPSA) is 87.2 Å². The first-order valence-electron chi connectivity index (χ1n) is 11.2. The van der Waals surface area contributed by atoms with Gasteiger partial charge in [-0.1, -0.05) is 12.1 Å². The van der Waals surface area contributed by atoms with E-state index in [-0.39, 0.29) is 40.9 Å². The minimum absolute atomic E-state index is 0. The van der Waals surface area contributed by atoms with Gasteiger partial charge in [0.15, 0.2) is 5.03 Å². The van der Waals surface area contributed by atoms with Crippen LogP contribution in [0.3, 0.4) is 0 Å². The summed E-state index contributed by atoms with van der Waals surface area (Å²) < 4.78 is 83.3. The molecule has 2 atom stereocenters. The normalized spacial score (nSPS) is 18.3. The van der Waals surface area contributed by atoms with E-state index in [9.17, 15) is 26.0 Å². The van der Waals surface area contributed by atoms with Crippen molar-refractivity contribution in [1.29, 1.82) is 0 Å². The summed E-state index contributed by atoms with van der Waals surface area (Å²) in [5, 5.41) is 3.08. The Bertz CT molecular complexity index is 1380. The molecule has 0 amide bonds. The quantitative estimate of drug-likeness (QED) is 0.427. The number of hydrogen-bond acceptors (Lipinski definition) is 6. The fourth-order valence-electron chi connectivity index (χ4n) is 4.23. The van der Waals surface area contributed by atoms with E-state index in [1.54, 1.807) is 12.1 Å². The van der Waals surface area contributed by atoms with Crippen LogP contribution in [0.2, 0.25) is 0 Å². The van der Waals surface area contributed by atoms with Crippen molar-refractivity contribution in [2.24, 2.45) is 0 Å². The van der Waals surface area contributed by atoms with Gasteiger partial charge in [0, 0.05) is 30.7 Å². The molecule has 0 unspecified atom stereocenters. The lowest BCUT2D eigenvalue weighted by atomic mass is 10.0. The summed E-state index contributed by atoms with van der Waals surface area (Å²) in [6.07, 6.45) is -4.79. The smallest absolute Gasteiger partial charge is 0.353 e. The number of halogens is 5. The predicted molar refractivity (Wildman–Crippen MR) is 136 cm³/mol. The highest BCUT2D eigenvalue weighted by atomic mass is 35.5. The van der Waals surface area contributed by atoms with E-state index in [1.165, 1.54) is 19.1 Å². The molecular weight excluding hydrogens is 534 g/mol. The van der Waals surface area contributed by atoms with Crippen LogP contribution < -0.4 is 14.9 Å². The van der Waals surface area contributed by atoms with Gasteiger partial charge in [-0.2, -0.15) is 21.6 Å². The van der Waals surface area contributed by atoms with E-state index in [2.05, 4.69) is 20.0 Å². The highest BCUT2D eigenvalue weighted by molar-refractivity contribution is 7.92. The Balaban J connectivity index is 0.00000380. The predicted octanol–water partition coefficient (Wildman–Crippen LogP) is 5.02. The van der Waals surface area contributed by atoms with Crippen LogP contribution >= 0.6 is 12.4 Å². The zero-order valence-corrected chi connectivity index (χ0v) is 21.8. The summed E-state index contributed by atoms with van der Waals surface area (Å²) >= 11 is 0. The lowest BCUT2D eigenvalue weighted by Crippen LogP contribution is -2.54. The highest BCUT2D eigenvalue weighted by Gasteiger charge is 2.35. The number of nitrogens with one attached hydrogen (secondary N) is 2. The Kier molecular flexibility index (Phi) is 8.35. The van der Waals surface area contributed by atoms with Gasteiger partial charge in [-0.3, -0.25) is 4.72 Å². The fraction of sp³-hybridized carbons (Fsp3) is 0.333. The van der Waals surface area contributed by atoms with Crippen molar-refractivity contribution >= 4 is 34.1 Å². The Morgan fingerprint density at radius 2 is 1.70 bits per heavy atom. The van der Waals surface area contributed by atoms with Crippen LogP contribution in [0.15, 0.2) is 53.6 Å². The first-order chi connectivity index (χ1) is 16.8. The average molecular weight is 560 g/mol. The molecule has 1 aliphatic rings. The van der Waals surface area contributed by atoms with E-state index in [0.29, 0.717) is 24.5 Å². The molecule has 37 heavy (non-hydrogen) atoms. The molecule has 3 heterocycles. The molecule has 1 aromatic carbocycles. The third-order valence-corrected chi connectivity index (χ3v) is 7.02. The number of aryl methyl sites for hydroxylation is 1. The van der Waals surface area contributed by atoms with Gasteiger partial charge in [0.2, 0.25) is 0 Å². The van der Waals surface area contributed by atoms with Gasteiger partial charge in [-0.05, 0) is 62.7 Å². The van der Waals surface area contributed by atoms with Crippen LogP contribution in [-0.2, 0) is 16.2 Å². The second-order valence-electron chi connectivity index (χ2n) is 8.86. The molecule has 200 valence electrons. The number of piperazine rings is 1. The standard InChI is InChI=1S/C24H25F4N5O2S.ClH/c1-14-7-8-17(25)11-18(14)23-19(24(26,27)28)9-10-20(30-23)32-36(34,35)22-6-4-5-21(31-22)33-12-15(2)29-16(3)13-33;/h4-11,15-16,29H,12-13H2,1-3H3,(H,30,32);1H/t15-,16+;. The van der Waals surface area contributed by atoms with Crippen LogP contribution in [0.1, 0.15) is 25.0 Å². The van der Waals surface area contributed by atoms with Crippen molar-refractivity contribution in [3.63, 3.8) is 0 Å². The molecule has 4 rings (SSSR count). The SMILES string of the molecule is Cc1ccc(F)cc1-c1nc(NS(=O)(=O)c2cccc(N3C[C@@H](C)N[C@@H](C)C3)n2)ccc1C(F)(F)F.Cl. The molecule has 2 N–H and O–H groups in total. The van der Waals surface area contributed by atoms with Crippen LogP contribution in [0.25, 0.3) is 11.3 Å². The minimum Gasteiger partial charge on any atom is -0.353 e. The summed E-state index contributed by atoms with van der Waals surface area (Å²) in [5.74, 6) is -0.623. The summed E-state index contributed by atoms with van der Waals surface area (Å²) in [6.45, 7) is 6.80. The lowest BCUT2D eigenvalue weighted by molar-refractivity contribution is -0.137. The monoisotopic (exact) mass is 559 g/mol. The van der Waals surface area contributed by atoms with Gasteiger partial charge in [-0.25, -0.2) is 14.4 Å². The molecule has 0 saturated carbocycles. The van der Waals surface area contributed by atoms with Crippen molar-refractivity contribution in [2.75, 3.05) is 22.7 Å². The van der Waals surface area contributed by atoms with Crippen molar-refractivity contribution in [3.05, 3.63) is 65.5 Å². The molecule has 3 aromatic rings. The first kappa shape index (κ1) is 28.6. The van der Waals surface area contributed by atoms with Gasteiger partial charge in [-0.15, -0.1) is 12.4 Å². The number of rotatable bonds is 5. The Morgan fingerprint density at radius 3 is 2.35 bits per heavy atom. The van der Waals surface area contributed by atoms with Crippen molar-refractivity contribution in [2.45, 2.75) is 44.1 Å². The minimum atomic E-state index is -4.79. The van der Waals surface area contributed by atoms with Crippen LogP contribution in [-0.4, -0.2) is 43.6 Å². The van der Waals surface area contributed by atoms with E-state index in [0.717, 1.165) is 24.3 Å². The number of pyridine rings is 2. The molecule has 0 spiro atoms. The molecule has 1 saturated heterocycles. The molecule has 13 heteroatoms. The molecule has 2 aromatic heterocycles. The molecule has 0 radical (unpaired) electrons. The molecule has 7 nitrogen and oxygen atoms in total. The number of hydrogen-bond donors (Lipinski definition) is 2. The molecule has 1 aliphatic heterocycles. The van der Waals surface area contributed by atoms with Gasteiger partial charge in [0.25, 0.3) is 10.0 Å². The van der Waals surface area contributed by atoms with E-state index in [1.807, 2.05) is 18.7 Å². The van der Waals surface area contributed by atoms with E-state index >= 15 is 0 Å². The van der Waals surface area contributed by atoms with Crippen molar-refractivity contribution in [3.8, 4) is 11.3 Å². The zero-order valence-electron chi connectivity index (χ0n) is 20.2. The van der Waals surface area contributed by atoms with Gasteiger partial charge >= 0.3 is 6.18 Å².